The van der Waals surface area contributed by atoms with Crippen LogP contribution in [-0.4, -0.2) is 44.0 Å². The van der Waals surface area contributed by atoms with Crippen LogP contribution in [0.3, 0.4) is 0 Å². The summed E-state index contributed by atoms with van der Waals surface area (Å²) in [6.07, 6.45) is 2.75. The number of aliphatic imine (C=N–C) groups is 1. The van der Waals surface area contributed by atoms with E-state index in [4.69, 9.17) is 14.2 Å². The van der Waals surface area contributed by atoms with Crippen LogP contribution in [0.25, 0.3) is 0 Å². The van der Waals surface area contributed by atoms with Crippen LogP contribution in [0, 0.1) is 6.92 Å². The van der Waals surface area contributed by atoms with Crippen molar-refractivity contribution in [3.05, 3.63) is 34.3 Å². The van der Waals surface area contributed by atoms with Crippen LogP contribution in [0.1, 0.15) is 16.8 Å². The first-order valence-electron chi connectivity index (χ1n) is 8.70. The molecule has 1 aliphatic heterocycles. The smallest absolute Gasteiger partial charge is 0.231 e. The topological polar surface area (TPSA) is 77.0 Å². The van der Waals surface area contributed by atoms with E-state index in [0.29, 0.717) is 19.7 Å². The molecule has 0 saturated heterocycles. The first kappa shape index (κ1) is 21.5. The second-order valence-corrected chi connectivity index (χ2v) is 6.98. The van der Waals surface area contributed by atoms with E-state index in [2.05, 4.69) is 27.5 Å². The molecular weight excluding hydrogens is 479 g/mol. The number of hydrogen-bond acceptors (Lipinski definition) is 6. The first-order chi connectivity index (χ1) is 12.7. The molecule has 0 radical (unpaired) electrons. The van der Waals surface area contributed by atoms with Gasteiger partial charge in [0.15, 0.2) is 17.5 Å². The van der Waals surface area contributed by atoms with E-state index in [-0.39, 0.29) is 30.8 Å². The van der Waals surface area contributed by atoms with Gasteiger partial charge in [0.05, 0.1) is 11.6 Å². The van der Waals surface area contributed by atoms with Gasteiger partial charge in [0, 0.05) is 36.7 Å². The fraction of sp³-hybridized carbons (Fsp3) is 0.444. The molecule has 9 heteroatoms. The predicted octanol–water partition coefficient (Wildman–Crippen LogP) is 2.97. The number of guanidine groups is 1. The van der Waals surface area contributed by atoms with Crippen LogP contribution in [0.5, 0.6) is 17.2 Å². The van der Waals surface area contributed by atoms with Gasteiger partial charge in [-0.3, -0.25) is 4.99 Å². The van der Waals surface area contributed by atoms with Gasteiger partial charge in [-0.2, -0.15) is 0 Å². The minimum atomic E-state index is 0. The van der Waals surface area contributed by atoms with Crippen LogP contribution < -0.4 is 24.8 Å². The summed E-state index contributed by atoms with van der Waals surface area (Å²) in [7, 11) is 0. The zero-order valence-electron chi connectivity index (χ0n) is 15.5. The fourth-order valence-electron chi connectivity index (χ4n) is 2.43. The lowest BCUT2D eigenvalue weighted by Gasteiger charge is -2.12. The van der Waals surface area contributed by atoms with Gasteiger partial charge in [0.2, 0.25) is 6.79 Å². The molecule has 3 rings (SSSR count). The molecule has 2 heterocycles. The molecule has 2 N–H and O–H groups in total. The van der Waals surface area contributed by atoms with Crippen LogP contribution >= 0.6 is 35.3 Å². The molecule has 0 atom stereocenters. The summed E-state index contributed by atoms with van der Waals surface area (Å²) in [5.41, 5.74) is 0. The Bertz CT molecular complexity index is 754. The largest absolute Gasteiger partial charge is 0.492 e. The third-order valence-electron chi connectivity index (χ3n) is 3.62. The van der Waals surface area contributed by atoms with Crippen molar-refractivity contribution in [2.24, 2.45) is 4.99 Å². The summed E-state index contributed by atoms with van der Waals surface area (Å²) in [6.45, 7) is 7.06. The van der Waals surface area contributed by atoms with E-state index in [1.807, 2.05) is 31.3 Å². The Morgan fingerprint density at radius 2 is 2.15 bits per heavy atom. The maximum atomic E-state index is 5.75. The van der Waals surface area contributed by atoms with E-state index < -0.39 is 0 Å². The third-order valence-corrected chi connectivity index (χ3v) is 4.59. The van der Waals surface area contributed by atoms with E-state index >= 15 is 0 Å². The summed E-state index contributed by atoms with van der Waals surface area (Å²) >= 11 is 1.72. The number of aryl methyl sites for hydroxylation is 1. The van der Waals surface area contributed by atoms with Gasteiger partial charge in [-0.25, -0.2) is 4.98 Å². The van der Waals surface area contributed by atoms with Gasteiger partial charge in [0.1, 0.15) is 12.4 Å². The van der Waals surface area contributed by atoms with Crippen LogP contribution in [0.4, 0.5) is 0 Å². The molecule has 148 valence electrons. The van der Waals surface area contributed by atoms with Crippen LogP contribution in [0.15, 0.2) is 29.4 Å². The average Bonchev–Trinajstić information content (AvgIpc) is 3.27. The summed E-state index contributed by atoms with van der Waals surface area (Å²) in [6, 6.07) is 5.58. The number of rotatable bonds is 8. The Hall–Kier alpha value is -1.75. The lowest BCUT2D eigenvalue weighted by atomic mass is 10.3. The van der Waals surface area contributed by atoms with Gasteiger partial charge >= 0.3 is 0 Å². The van der Waals surface area contributed by atoms with Gasteiger partial charge in [0.25, 0.3) is 0 Å². The number of hydrogen-bond donors (Lipinski definition) is 2. The van der Waals surface area contributed by atoms with Crippen molar-refractivity contribution in [2.45, 2.75) is 20.3 Å². The van der Waals surface area contributed by atoms with Gasteiger partial charge in [-0.05, 0) is 26.0 Å². The van der Waals surface area contributed by atoms with Gasteiger partial charge < -0.3 is 24.8 Å². The summed E-state index contributed by atoms with van der Waals surface area (Å²) in [4.78, 5) is 10.2. The van der Waals surface area contributed by atoms with Crippen molar-refractivity contribution in [3.63, 3.8) is 0 Å². The number of thiazole rings is 1. The quantitative estimate of drug-likeness (QED) is 0.249. The number of nitrogens with one attached hydrogen (secondary N) is 2. The molecule has 7 nitrogen and oxygen atoms in total. The molecule has 0 bridgehead atoms. The first-order valence-corrected chi connectivity index (χ1v) is 9.52. The van der Waals surface area contributed by atoms with E-state index in [0.717, 1.165) is 41.2 Å². The second kappa shape index (κ2) is 11.2. The van der Waals surface area contributed by atoms with E-state index in [9.17, 15) is 0 Å². The molecule has 0 saturated carbocycles. The molecule has 0 aliphatic carbocycles. The zero-order valence-corrected chi connectivity index (χ0v) is 18.6. The Labute approximate surface area is 180 Å². The van der Waals surface area contributed by atoms with Crippen molar-refractivity contribution in [1.82, 2.24) is 15.6 Å². The highest BCUT2D eigenvalue weighted by Gasteiger charge is 2.13. The number of benzene rings is 1. The normalized spacial score (nSPS) is 12.4. The number of aromatic nitrogens is 1. The number of nitrogens with zero attached hydrogens (tertiary/aromatic N) is 2. The van der Waals surface area contributed by atoms with Crippen LogP contribution in [0.2, 0.25) is 0 Å². The van der Waals surface area contributed by atoms with Crippen molar-refractivity contribution in [2.75, 3.05) is 33.0 Å². The van der Waals surface area contributed by atoms with Gasteiger partial charge in [-0.1, -0.05) is 0 Å². The second-order valence-electron chi connectivity index (χ2n) is 5.67. The maximum Gasteiger partial charge on any atom is 0.231 e. The van der Waals surface area contributed by atoms with Crippen molar-refractivity contribution < 1.29 is 14.2 Å². The van der Waals surface area contributed by atoms with Crippen molar-refractivity contribution in [1.29, 1.82) is 0 Å². The Balaban J connectivity index is 0.00000261. The van der Waals surface area contributed by atoms with Crippen molar-refractivity contribution >= 4 is 41.3 Å². The SMILES string of the molecule is CCNC(=NCCc1ncc(C)s1)NCCOc1ccc2c(c1)OCO2.I. The van der Waals surface area contributed by atoms with E-state index in [1.54, 1.807) is 11.3 Å². The minimum absolute atomic E-state index is 0. The van der Waals surface area contributed by atoms with Crippen molar-refractivity contribution in [3.8, 4) is 17.2 Å². The maximum absolute atomic E-state index is 5.75. The lowest BCUT2D eigenvalue weighted by molar-refractivity contribution is 0.173. The molecule has 0 amide bonds. The van der Waals surface area contributed by atoms with E-state index in [1.165, 1.54) is 4.88 Å². The lowest BCUT2D eigenvalue weighted by Crippen LogP contribution is -2.39. The summed E-state index contributed by atoms with van der Waals surface area (Å²) in [5.74, 6) is 3.03. The highest BCUT2D eigenvalue weighted by Crippen LogP contribution is 2.34. The summed E-state index contributed by atoms with van der Waals surface area (Å²) in [5, 5.41) is 7.63. The Morgan fingerprint density at radius 1 is 1.30 bits per heavy atom. The molecule has 0 unspecified atom stereocenters. The molecule has 1 aliphatic rings. The average molecular weight is 504 g/mol. The predicted molar refractivity (Wildman–Crippen MR) is 118 cm³/mol. The molecular formula is C18H25IN4O3S. The molecule has 0 fully saturated rings. The molecule has 27 heavy (non-hydrogen) atoms. The number of fused-ring (bicyclic) bond motifs is 1. The molecule has 1 aromatic heterocycles. The zero-order chi connectivity index (χ0) is 18.2. The molecule has 2 aromatic rings. The molecule has 1 aromatic carbocycles. The third kappa shape index (κ3) is 6.73. The summed E-state index contributed by atoms with van der Waals surface area (Å²) < 4.78 is 16.4. The highest BCUT2D eigenvalue weighted by molar-refractivity contribution is 14.0. The Kier molecular flexibility index (Phi) is 8.92. The standard InChI is InChI=1S/C18H24N4O3S.HI/c1-3-19-18(20-7-6-17-22-11-13(2)26-17)21-8-9-23-14-4-5-15-16(10-14)25-12-24-15;/h4-5,10-11H,3,6-9,12H2,1-2H3,(H2,19,20,21);1H. The minimum Gasteiger partial charge on any atom is -0.492 e. The molecule has 0 spiro atoms. The van der Waals surface area contributed by atoms with Crippen LogP contribution in [-0.2, 0) is 6.42 Å². The number of ether oxygens (including phenoxy) is 3. The number of halogens is 1. The monoisotopic (exact) mass is 504 g/mol. The van der Waals surface area contributed by atoms with Gasteiger partial charge in [-0.15, -0.1) is 35.3 Å². The Morgan fingerprint density at radius 3 is 2.93 bits per heavy atom. The highest BCUT2D eigenvalue weighted by atomic mass is 127. The fourth-order valence-corrected chi connectivity index (χ4v) is 3.20.